The highest BCUT2D eigenvalue weighted by molar-refractivity contribution is 7.91. The number of aliphatic hydroxyl groups excluding tert-OH is 2. The van der Waals surface area contributed by atoms with Crippen molar-refractivity contribution in [3.8, 4) is 0 Å². The number of hydrogen-bond acceptors (Lipinski definition) is 5. The van der Waals surface area contributed by atoms with E-state index in [2.05, 4.69) is 5.32 Å². The Morgan fingerprint density at radius 2 is 1.88 bits per heavy atom. The molecular weight excluding hydrogens is 248 g/mol. The Hall–Kier alpha value is -0.860. The van der Waals surface area contributed by atoms with Gasteiger partial charge in [-0.1, -0.05) is 0 Å². The van der Waals surface area contributed by atoms with E-state index in [-0.39, 0.29) is 43.9 Å². The van der Waals surface area contributed by atoms with Crippen LogP contribution in [0.1, 0.15) is 6.42 Å². The molecule has 1 aliphatic rings. The smallest absolute Gasteiger partial charge is 0.317 e. The van der Waals surface area contributed by atoms with Crippen molar-refractivity contribution in [2.75, 3.05) is 37.8 Å². The van der Waals surface area contributed by atoms with Crippen LogP contribution in [0.25, 0.3) is 0 Å². The molecule has 7 nitrogen and oxygen atoms in total. The maximum Gasteiger partial charge on any atom is 0.317 e. The average molecular weight is 266 g/mol. The van der Waals surface area contributed by atoms with Crippen LogP contribution in [0, 0.1) is 0 Å². The van der Waals surface area contributed by atoms with E-state index < -0.39 is 15.9 Å². The monoisotopic (exact) mass is 266 g/mol. The van der Waals surface area contributed by atoms with Crippen molar-refractivity contribution in [1.82, 2.24) is 10.2 Å². The van der Waals surface area contributed by atoms with Crippen LogP contribution in [-0.4, -0.2) is 73.4 Å². The van der Waals surface area contributed by atoms with Gasteiger partial charge in [0.05, 0.1) is 24.7 Å². The molecular formula is C9H18N2O5S. The minimum absolute atomic E-state index is 0.0369. The zero-order chi connectivity index (χ0) is 12.9. The van der Waals surface area contributed by atoms with Crippen molar-refractivity contribution in [3.63, 3.8) is 0 Å². The lowest BCUT2D eigenvalue weighted by molar-refractivity contribution is 0.156. The molecule has 1 aliphatic heterocycles. The Kier molecular flexibility index (Phi) is 5.16. The van der Waals surface area contributed by atoms with Crippen LogP contribution in [0.4, 0.5) is 4.79 Å². The number of carbonyl (C=O) groups is 1. The van der Waals surface area contributed by atoms with Crippen molar-refractivity contribution in [2.45, 2.75) is 12.5 Å². The Morgan fingerprint density at radius 1 is 1.29 bits per heavy atom. The molecule has 0 spiro atoms. The van der Waals surface area contributed by atoms with Gasteiger partial charge in [-0.05, 0) is 6.42 Å². The Bertz CT molecular complexity index is 350. The molecule has 0 bridgehead atoms. The van der Waals surface area contributed by atoms with Gasteiger partial charge in [-0.2, -0.15) is 0 Å². The first kappa shape index (κ1) is 14.2. The van der Waals surface area contributed by atoms with Gasteiger partial charge in [0, 0.05) is 19.1 Å². The molecule has 100 valence electrons. The molecule has 1 atom stereocenters. The third-order valence-corrected chi connectivity index (χ3v) is 4.36. The summed E-state index contributed by atoms with van der Waals surface area (Å²) in [7, 11) is -3.02. The minimum Gasteiger partial charge on any atom is -0.395 e. The topological polar surface area (TPSA) is 107 Å². The molecule has 2 amide bonds. The predicted molar refractivity (Wildman–Crippen MR) is 61.3 cm³/mol. The summed E-state index contributed by atoms with van der Waals surface area (Å²) in [6.07, 6.45) is 0.417. The molecule has 1 rings (SSSR count). The van der Waals surface area contributed by atoms with E-state index in [1.54, 1.807) is 0 Å². The summed E-state index contributed by atoms with van der Waals surface area (Å²) >= 11 is 0. The molecule has 1 unspecified atom stereocenters. The van der Waals surface area contributed by atoms with Crippen molar-refractivity contribution in [1.29, 1.82) is 0 Å². The third kappa shape index (κ3) is 4.49. The van der Waals surface area contributed by atoms with Crippen molar-refractivity contribution >= 4 is 15.9 Å². The number of carbonyl (C=O) groups excluding carboxylic acids is 1. The lowest BCUT2D eigenvalue weighted by Crippen LogP contribution is -2.47. The number of amides is 2. The molecule has 0 aromatic rings. The van der Waals surface area contributed by atoms with Gasteiger partial charge in [0.25, 0.3) is 0 Å². The molecule has 1 fully saturated rings. The van der Waals surface area contributed by atoms with Gasteiger partial charge in [0.15, 0.2) is 9.84 Å². The summed E-state index contributed by atoms with van der Waals surface area (Å²) in [4.78, 5) is 12.9. The van der Waals surface area contributed by atoms with E-state index in [1.807, 2.05) is 0 Å². The molecule has 0 aromatic heterocycles. The summed E-state index contributed by atoms with van der Waals surface area (Å²) in [5.41, 5.74) is 0. The number of hydrogen-bond donors (Lipinski definition) is 3. The Morgan fingerprint density at radius 3 is 2.29 bits per heavy atom. The van der Waals surface area contributed by atoms with Crippen LogP contribution in [0.2, 0.25) is 0 Å². The number of urea groups is 1. The molecule has 0 radical (unpaired) electrons. The van der Waals surface area contributed by atoms with Gasteiger partial charge < -0.3 is 20.4 Å². The van der Waals surface area contributed by atoms with Gasteiger partial charge in [0.1, 0.15) is 0 Å². The predicted octanol–water partition coefficient (Wildman–Crippen LogP) is -1.83. The van der Waals surface area contributed by atoms with Gasteiger partial charge in [-0.25, -0.2) is 13.2 Å². The lowest BCUT2D eigenvalue weighted by Gasteiger charge is -2.23. The SMILES string of the molecule is O=C(NC1CCS(=O)(=O)C1)N(CCO)CCO. The van der Waals surface area contributed by atoms with Gasteiger partial charge in [-0.15, -0.1) is 0 Å². The van der Waals surface area contributed by atoms with Crippen molar-refractivity contribution < 1.29 is 23.4 Å². The average Bonchev–Trinajstić information content (AvgIpc) is 2.57. The number of nitrogens with one attached hydrogen (secondary N) is 1. The number of rotatable bonds is 5. The first-order valence-corrected chi connectivity index (χ1v) is 7.28. The zero-order valence-electron chi connectivity index (χ0n) is 9.50. The first-order chi connectivity index (χ1) is 7.98. The van der Waals surface area contributed by atoms with Crippen LogP contribution >= 0.6 is 0 Å². The van der Waals surface area contributed by atoms with Crippen LogP contribution in [0.3, 0.4) is 0 Å². The van der Waals surface area contributed by atoms with E-state index >= 15 is 0 Å². The number of aliphatic hydroxyl groups is 2. The highest BCUT2D eigenvalue weighted by atomic mass is 32.2. The summed E-state index contributed by atoms with van der Waals surface area (Å²) in [5.74, 6) is 0.0583. The quantitative estimate of drug-likeness (QED) is 0.542. The maximum atomic E-state index is 11.7. The van der Waals surface area contributed by atoms with Crippen molar-refractivity contribution in [3.05, 3.63) is 0 Å². The number of sulfone groups is 1. The second-order valence-electron chi connectivity index (χ2n) is 3.98. The van der Waals surface area contributed by atoms with E-state index in [4.69, 9.17) is 10.2 Å². The summed E-state index contributed by atoms with van der Waals surface area (Å²) in [6.45, 7) is -0.162. The van der Waals surface area contributed by atoms with Crippen LogP contribution in [0.15, 0.2) is 0 Å². The van der Waals surface area contributed by atoms with Gasteiger partial charge in [-0.3, -0.25) is 0 Å². The van der Waals surface area contributed by atoms with E-state index in [9.17, 15) is 13.2 Å². The second-order valence-corrected chi connectivity index (χ2v) is 6.21. The molecule has 1 saturated heterocycles. The lowest BCUT2D eigenvalue weighted by atomic mass is 10.3. The van der Waals surface area contributed by atoms with Crippen LogP contribution < -0.4 is 5.32 Å². The summed E-state index contributed by atoms with van der Waals surface area (Å²) < 4.78 is 22.4. The Balaban J connectivity index is 2.47. The zero-order valence-corrected chi connectivity index (χ0v) is 10.3. The van der Waals surface area contributed by atoms with Crippen molar-refractivity contribution in [2.24, 2.45) is 0 Å². The Labute approximate surface area is 100 Å². The van der Waals surface area contributed by atoms with E-state index in [0.717, 1.165) is 0 Å². The maximum absolute atomic E-state index is 11.7. The molecule has 3 N–H and O–H groups in total. The highest BCUT2D eigenvalue weighted by Gasteiger charge is 2.29. The standard InChI is InChI=1S/C9H18N2O5S/c12-4-2-11(3-5-13)9(14)10-8-1-6-17(15,16)7-8/h8,12-13H,1-7H2,(H,10,14). The number of nitrogens with zero attached hydrogens (tertiary/aromatic N) is 1. The molecule has 0 aromatic carbocycles. The molecule has 0 saturated carbocycles. The third-order valence-electron chi connectivity index (χ3n) is 2.59. The van der Waals surface area contributed by atoms with Gasteiger partial charge >= 0.3 is 6.03 Å². The van der Waals surface area contributed by atoms with Crippen LogP contribution in [-0.2, 0) is 9.84 Å². The largest absolute Gasteiger partial charge is 0.395 e. The summed E-state index contributed by atoms with van der Waals surface area (Å²) in [5, 5.41) is 20.1. The highest BCUT2D eigenvalue weighted by Crippen LogP contribution is 2.11. The fraction of sp³-hybridized carbons (Fsp3) is 0.889. The fourth-order valence-corrected chi connectivity index (χ4v) is 3.40. The molecule has 1 heterocycles. The minimum atomic E-state index is -3.02. The molecule has 8 heteroatoms. The fourth-order valence-electron chi connectivity index (χ4n) is 1.73. The normalized spacial score (nSPS) is 22.4. The molecule has 17 heavy (non-hydrogen) atoms. The second kappa shape index (κ2) is 6.18. The van der Waals surface area contributed by atoms with Gasteiger partial charge in [0.2, 0.25) is 0 Å². The first-order valence-electron chi connectivity index (χ1n) is 5.46. The van der Waals surface area contributed by atoms with E-state index in [1.165, 1.54) is 4.90 Å². The summed E-state index contributed by atoms with van der Waals surface area (Å²) in [6, 6.07) is -0.817. The van der Waals surface area contributed by atoms with Crippen LogP contribution in [0.5, 0.6) is 0 Å². The van der Waals surface area contributed by atoms with E-state index in [0.29, 0.717) is 6.42 Å². The molecule has 0 aliphatic carbocycles.